The minimum absolute atomic E-state index is 0.292. The van der Waals surface area contributed by atoms with Gasteiger partial charge in [0.25, 0.3) is 0 Å². The lowest BCUT2D eigenvalue weighted by atomic mass is 9.63. The summed E-state index contributed by atoms with van der Waals surface area (Å²) in [7, 11) is 2.08. The highest BCUT2D eigenvalue weighted by Gasteiger charge is 2.44. The molecule has 28 heavy (non-hydrogen) atoms. The third kappa shape index (κ3) is 5.31. The molecule has 4 nitrogen and oxygen atoms in total. The Morgan fingerprint density at radius 2 is 1.64 bits per heavy atom. The van der Waals surface area contributed by atoms with Gasteiger partial charge in [-0.25, -0.2) is 0 Å². The van der Waals surface area contributed by atoms with Gasteiger partial charge < -0.3 is 4.90 Å². The van der Waals surface area contributed by atoms with Crippen LogP contribution in [0.5, 0.6) is 0 Å². The fraction of sp³-hybridized carbons (Fsp3) is 0.875. The van der Waals surface area contributed by atoms with Crippen molar-refractivity contribution in [3.8, 4) is 0 Å². The van der Waals surface area contributed by atoms with E-state index in [1.807, 2.05) is 6.92 Å². The van der Waals surface area contributed by atoms with Crippen molar-refractivity contribution in [2.24, 2.45) is 16.2 Å². The van der Waals surface area contributed by atoms with E-state index in [0.717, 1.165) is 58.0 Å². The number of hydrogen-bond donors (Lipinski definition) is 0. The molecule has 0 radical (unpaired) electrons. The van der Waals surface area contributed by atoms with Crippen molar-refractivity contribution in [1.82, 2.24) is 4.90 Å². The molecular weight excluding hydrogens is 350 g/mol. The third-order valence-corrected chi connectivity index (χ3v) is 7.66. The maximum absolute atomic E-state index is 13.2. The first-order valence-electron chi connectivity index (χ1n) is 11.3. The van der Waals surface area contributed by atoms with Crippen LogP contribution in [0.3, 0.4) is 0 Å². The van der Waals surface area contributed by atoms with Crippen LogP contribution < -0.4 is 0 Å². The van der Waals surface area contributed by atoms with Gasteiger partial charge in [-0.15, -0.1) is 0 Å². The molecule has 0 N–H and O–H groups in total. The van der Waals surface area contributed by atoms with E-state index in [1.54, 1.807) is 0 Å². The number of ketones is 3. The molecule has 2 rings (SSSR count). The zero-order chi connectivity index (χ0) is 21.0. The maximum atomic E-state index is 13.2. The van der Waals surface area contributed by atoms with Crippen molar-refractivity contribution in [2.45, 2.75) is 98.3 Å². The van der Waals surface area contributed by atoms with E-state index in [0.29, 0.717) is 43.0 Å². The van der Waals surface area contributed by atoms with Gasteiger partial charge in [0.05, 0.1) is 0 Å². The second kappa shape index (κ2) is 9.19. The van der Waals surface area contributed by atoms with Crippen LogP contribution in [0.2, 0.25) is 0 Å². The van der Waals surface area contributed by atoms with Crippen LogP contribution in [-0.2, 0) is 14.4 Å². The van der Waals surface area contributed by atoms with Crippen molar-refractivity contribution >= 4 is 17.3 Å². The largest absolute Gasteiger partial charge is 0.305 e. The number of nitrogens with zero attached hydrogens (tertiary/aromatic N) is 1. The normalized spacial score (nSPS) is 35.9. The summed E-state index contributed by atoms with van der Waals surface area (Å²) in [6, 6.07) is 0. The quantitative estimate of drug-likeness (QED) is 0.640. The van der Waals surface area contributed by atoms with Crippen molar-refractivity contribution in [3.63, 3.8) is 0 Å². The number of likely N-dealkylation sites (tertiary alicyclic amines) is 1. The Hall–Kier alpha value is -1.03. The number of hydrogen-bond acceptors (Lipinski definition) is 4. The summed E-state index contributed by atoms with van der Waals surface area (Å²) in [6.07, 6.45) is 8.53. The van der Waals surface area contributed by atoms with E-state index in [1.165, 1.54) is 0 Å². The monoisotopic (exact) mass is 391 g/mol. The Morgan fingerprint density at radius 3 is 2.32 bits per heavy atom. The molecule has 0 aromatic carbocycles. The number of Topliss-reactive ketones (excluding diaryl/α,β-unsaturated/α-hetero) is 3. The van der Waals surface area contributed by atoms with Crippen LogP contribution >= 0.6 is 0 Å². The lowest BCUT2D eigenvalue weighted by molar-refractivity contribution is -0.137. The van der Waals surface area contributed by atoms with Gasteiger partial charge in [-0.05, 0) is 58.5 Å². The lowest BCUT2D eigenvalue weighted by Crippen LogP contribution is -2.40. The van der Waals surface area contributed by atoms with Gasteiger partial charge in [0.1, 0.15) is 17.3 Å². The topological polar surface area (TPSA) is 54.5 Å². The van der Waals surface area contributed by atoms with Crippen LogP contribution in [0, 0.1) is 16.2 Å². The van der Waals surface area contributed by atoms with Gasteiger partial charge in [0, 0.05) is 42.1 Å². The van der Waals surface area contributed by atoms with Gasteiger partial charge in [-0.2, -0.15) is 0 Å². The molecule has 1 aliphatic heterocycles. The minimum atomic E-state index is -0.411. The Kier molecular flexibility index (Phi) is 7.63. The molecule has 1 aliphatic carbocycles. The molecule has 1 saturated carbocycles. The van der Waals surface area contributed by atoms with Crippen molar-refractivity contribution in [2.75, 3.05) is 20.1 Å². The number of carbonyl (C=O) groups is 3. The van der Waals surface area contributed by atoms with Gasteiger partial charge >= 0.3 is 0 Å². The van der Waals surface area contributed by atoms with Crippen molar-refractivity contribution in [1.29, 1.82) is 0 Å². The zero-order valence-corrected chi connectivity index (χ0v) is 18.9. The van der Waals surface area contributed by atoms with Crippen molar-refractivity contribution < 1.29 is 14.4 Å². The smallest absolute Gasteiger partial charge is 0.140 e. The fourth-order valence-electron chi connectivity index (χ4n) is 5.44. The molecule has 3 atom stereocenters. The minimum Gasteiger partial charge on any atom is -0.305 e. The molecule has 0 aromatic rings. The maximum Gasteiger partial charge on any atom is 0.140 e. The highest BCUT2D eigenvalue weighted by atomic mass is 16.1. The molecule has 0 bridgehead atoms. The van der Waals surface area contributed by atoms with Crippen molar-refractivity contribution in [3.05, 3.63) is 0 Å². The van der Waals surface area contributed by atoms with Crippen LogP contribution in [0.4, 0.5) is 0 Å². The molecular formula is C24H41NO3. The summed E-state index contributed by atoms with van der Waals surface area (Å²) in [5, 5.41) is 0. The Bertz CT molecular complexity index is 601. The average molecular weight is 392 g/mol. The van der Waals surface area contributed by atoms with Gasteiger partial charge in [-0.3, -0.25) is 14.4 Å². The first kappa shape index (κ1) is 23.3. The summed E-state index contributed by atoms with van der Waals surface area (Å²) in [4.78, 5) is 40.8. The summed E-state index contributed by atoms with van der Waals surface area (Å²) < 4.78 is 0. The SMILES string of the molecule is CCC1(C)CC(C)(C(=O)CCCC2(C)CN(C)CCCC2=O)CCCCC1=O. The van der Waals surface area contributed by atoms with Crippen LogP contribution in [-0.4, -0.2) is 42.4 Å². The van der Waals surface area contributed by atoms with E-state index in [-0.39, 0.29) is 10.8 Å². The van der Waals surface area contributed by atoms with E-state index in [4.69, 9.17) is 0 Å². The molecule has 2 fully saturated rings. The predicted octanol–water partition coefficient (Wildman–Crippen LogP) is 4.98. The molecule has 2 aliphatic rings. The summed E-state index contributed by atoms with van der Waals surface area (Å²) in [6.45, 7) is 10.0. The first-order valence-corrected chi connectivity index (χ1v) is 11.3. The Labute approximate surface area is 171 Å². The molecule has 3 unspecified atom stereocenters. The molecule has 0 amide bonds. The standard InChI is InChI=1S/C24H41NO3/c1-6-22(2)17-23(3,14-8-7-11-19(22)26)20(27)12-9-15-24(4)18-25(5)16-10-13-21(24)28/h6-18H2,1-5H3. The highest BCUT2D eigenvalue weighted by molar-refractivity contribution is 5.89. The summed E-state index contributed by atoms with van der Waals surface area (Å²) >= 11 is 0. The van der Waals surface area contributed by atoms with E-state index in [2.05, 4.69) is 32.7 Å². The van der Waals surface area contributed by atoms with Gasteiger partial charge in [0.2, 0.25) is 0 Å². The molecule has 0 aromatic heterocycles. The molecule has 4 heteroatoms. The summed E-state index contributed by atoms with van der Waals surface area (Å²) in [5.74, 6) is 0.971. The number of carbonyl (C=O) groups excluding carboxylic acids is 3. The predicted molar refractivity (Wildman–Crippen MR) is 113 cm³/mol. The second-order valence-corrected chi connectivity index (χ2v) is 10.4. The lowest BCUT2D eigenvalue weighted by Gasteiger charge is -2.39. The van der Waals surface area contributed by atoms with E-state index < -0.39 is 5.41 Å². The molecule has 0 spiro atoms. The first-order chi connectivity index (χ1) is 13.0. The fourth-order valence-corrected chi connectivity index (χ4v) is 5.44. The van der Waals surface area contributed by atoms with Crippen LogP contribution in [0.1, 0.15) is 98.3 Å². The number of rotatable bonds is 6. The van der Waals surface area contributed by atoms with Gasteiger partial charge in [0.15, 0.2) is 0 Å². The summed E-state index contributed by atoms with van der Waals surface area (Å²) in [5.41, 5.74) is -1.12. The molecule has 160 valence electrons. The third-order valence-electron chi connectivity index (χ3n) is 7.66. The zero-order valence-electron chi connectivity index (χ0n) is 18.9. The van der Waals surface area contributed by atoms with E-state index in [9.17, 15) is 14.4 Å². The average Bonchev–Trinajstić information content (AvgIpc) is 2.75. The van der Waals surface area contributed by atoms with E-state index >= 15 is 0 Å². The van der Waals surface area contributed by atoms with Crippen LogP contribution in [0.15, 0.2) is 0 Å². The second-order valence-electron chi connectivity index (χ2n) is 10.4. The molecule has 1 saturated heterocycles. The Balaban J connectivity index is 2.02. The Morgan fingerprint density at radius 1 is 1.00 bits per heavy atom. The highest BCUT2D eigenvalue weighted by Crippen LogP contribution is 2.45. The van der Waals surface area contributed by atoms with Crippen LogP contribution in [0.25, 0.3) is 0 Å². The van der Waals surface area contributed by atoms with Gasteiger partial charge in [-0.1, -0.05) is 34.1 Å². The molecule has 1 heterocycles.